The first-order chi connectivity index (χ1) is 12.2. The molecular weight excluding hydrogens is 321 g/mol. The second kappa shape index (κ2) is 6.60. The highest BCUT2D eigenvalue weighted by atomic mass is 19.1. The van der Waals surface area contributed by atoms with Gasteiger partial charge in [0.05, 0.1) is 36.8 Å². The van der Waals surface area contributed by atoms with Gasteiger partial charge in [0.25, 0.3) is 0 Å². The molecule has 3 heterocycles. The van der Waals surface area contributed by atoms with Crippen molar-refractivity contribution in [2.75, 3.05) is 11.9 Å². The minimum atomic E-state index is -0.306. The van der Waals surface area contributed by atoms with E-state index in [1.165, 1.54) is 6.07 Å². The molecule has 1 N–H and O–H groups in total. The Morgan fingerprint density at radius 2 is 2.08 bits per heavy atom. The van der Waals surface area contributed by atoms with Gasteiger partial charge in [-0.3, -0.25) is 4.68 Å². The molecule has 0 radical (unpaired) electrons. The highest BCUT2D eigenvalue weighted by Crippen LogP contribution is 2.22. The lowest BCUT2D eigenvalue weighted by Crippen LogP contribution is -2.12. The number of halogens is 1. The van der Waals surface area contributed by atoms with Crippen molar-refractivity contribution in [3.05, 3.63) is 59.2 Å². The quantitative estimate of drug-likeness (QED) is 0.792. The van der Waals surface area contributed by atoms with Gasteiger partial charge >= 0.3 is 0 Å². The molecule has 7 heteroatoms. The van der Waals surface area contributed by atoms with Gasteiger partial charge in [0, 0.05) is 24.6 Å². The summed E-state index contributed by atoms with van der Waals surface area (Å²) in [7, 11) is 1.93. The van der Waals surface area contributed by atoms with E-state index in [2.05, 4.69) is 20.6 Å². The van der Waals surface area contributed by atoms with Crippen LogP contribution in [0, 0.1) is 5.82 Å². The molecule has 0 atom stereocenters. The van der Waals surface area contributed by atoms with Crippen LogP contribution < -0.4 is 5.32 Å². The molecule has 0 saturated heterocycles. The van der Waals surface area contributed by atoms with Crippen LogP contribution >= 0.6 is 0 Å². The van der Waals surface area contributed by atoms with E-state index < -0.39 is 0 Å². The second-order valence-electron chi connectivity index (χ2n) is 5.94. The Bertz CT molecular complexity index is 891. The van der Waals surface area contributed by atoms with Crippen molar-refractivity contribution in [3.8, 4) is 11.3 Å². The Balaban J connectivity index is 1.49. The van der Waals surface area contributed by atoms with E-state index in [4.69, 9.17) is 4.74 Å². The van der Waals surface area contributed by atoms with Crippen LogP contribution in [-0.4, -0.2) is 26.6 Å². The zero-order valence-corrected chi connectivity index (χ0v) is 13.9. The predicted molar refractivity (Wildman–Crippen MR) is 91.3 cm³/mol. The van der Waals surface area contributed by atoms with E-state index in [1.54, 1.807) is 30.3 Å². The highest BCUT2D eigenvalue weighted by Gasteiger charge is 2.19. The first-order valence-electron chi connectivity index (χ1n) is 8.16. The largest absolute Gasteiger partial charge is 0.376 e. The number of hydrogen-bond acceptors (Lipinski definition) is 5. The van der Waals surface area contributed by atoms with Crippen LogP contribution in [0.3, 0.4) is 0 Å². The molecule has 1 aliphatic heterocycles. The molecule has 0 spiro atoms. The Hall–Kier alpha value is -2.80. The minimum absolute atomic E-state index is 0.306. The Labute approximate surface area is 144 Å². The van der Waals surface area contributed by atoms with Gasteiger partial charge in [-0.2, -0.15) is 5.10 Å². The monoisotopic (exact) mass is 339 g/mol. The van der Waals surface area contributed by atoms with E-state index >= 15 is 0 Å². The predicted octanol–water partition coefficient (Wildman–Crippen LogP) is 2.70. The molecule has 4 rings (SSSR count). The van der Waals surface area contributed by atoms with Gasteiger partial charge in [-0.05, 0) is 24.3 Å². The highest BCUT2D eigenvalue weighted by molar-refractivity contribution is 5.60. The summed E-state index contributed by atoms with van der Waals surface area (Å²) in [4.78, 5) is 0. The van der Waals surface area contributed by atoms with Crippen molar-refractivity contribution >= 4 is 5.82 Å². The van der Waals surface area contributed by atoms with Crippen molar-refractivity contribution in [3.63, 3.8) is 0 Å². The van der Waals surface area contributed by atoms with Gasteiger partial charge < -0.3 is 10.1 Å². The van der Waals surface area contributed by atoms with Crippen LogP contribution in [0.25, 0.3) is 11.3 Å². The maximum Gasteiger partial charge on any atom is 0.149 e. The molecule has 6 nitrogen and oxygen atoms in total. The number of aromatic nitrogens is 4. The number of rotatable bonds is 4. The van der Waals surface area contributed by atoms with Crippen LogP contribution in [0.2, 0.25) is 0 Å². The number of ether oxygens (including phenoxy) is 1. The van der Waals surface area contributed by atoms with Gasteiger partial charge in [-0.25, -0.2) is 4.39 Å². The fourth-order valence-corrected chi connectivity index (χ4v) is 3.01. The molecular formula is C18H18FN5O. The first kappa shape index (κ1) is 15.7. The molecule has 128 valence electrons. The Morgan fingerprint density at radius 1 is 1.20 bits per heavy atom. The molecule has 0 unspecified atom stereocenters. The van der Waals surface area contributed by atoms with Gasteiger partial charge in [0.2, 0.25) is 0 Å². The van der Waals surface area contributed by atoms with Crippen molar-refractivity contribution in [1.29, 1.82) is 0 Å². The first-order valence-corrected chi connectivity index (χ1v) is 8.16. The number of anilines is 1. The van der Waals surface area contributed by atoms with Crippen LogP contribution in [0.15, 0.2) is 36.4 Å². The summed E-state index contributed by atoms with van der Waals surface area (Å²) in [6.45, 7) is 1.90. The average Bonchev–Trinajstić information content (AvgIpc) is 2.96. The summed E-state index contributed by atoms with van der Waals surface area (Å²) in [5.41, 5.74) is 4.28. The molecule has 0 bridgehead atoms. The van der Waals surface area contributed by atoms with Crippen molar-refractivity contribution in [2.45, 2.75) is 19.6 Å². The van der Waals surface area contributed by atoms with Gasteiger partial charge in [0.1, 0.15) is 11.6 Å². The summed E-state index contributed by atoms with van der Waals surface area (Å²) in [6, 6.07) is 10.1. The molecule has 2 aromatic heterocycles. The minimum Gasteiger partial charge on any atom is -0.376 e. The summed E-state index contributed by atoms with van der Waals surface area (Å²) >= 11 is 0. The van der Waals surface area contributed by atoms with Gasteiger partial charge in [-0.15, -0.1) is 10.2 Å². The molecule has 25 heavy (non-hydrogen) atoms. The maximum absolute atomic E-state index is 13.8. The number of nitrogens with one attached hydrogen (secondary N) is 1. The summed E-state index contributed by atoms with van der Waals surface area (Å²) < 4.78 is 21.2. The topological polar surface area (TPSA) is 64.9 Å². The lowest BCUT2D eigenvalue weighted by atomic mass is 10.1. The number of hydrogen-bond donors (Lipinski definition) is 1. The molecule has 3 aromatic rings. The average molecular weight is 339 g/mol. The van der Waals surface area contributed by atoms with E-state index in [9.17, 15) is 4.39 Å². The van der Waals surface area contributed by atoms with E-state index in [-0.39, 0.29) is 5.82 Å². The number of nitrogens with zero attached hydrogens (tertiary/aromatic N) is 4. The number of aryl methyl sites for hydroxylation is 1. The molecule has 1 aromatic carbocycles. The molecule has 1 aliphatic rings. The normalized spacial score (nSPS) is 13.5. The summed E-state index contributed by atoms with van der Waals surface area (Å²) in [5.74, 6) is 0.325. The van der Waals surface area contributed by atoms with Crippen molar-refractivity contribution < 1.29 is 9.13 Å². The number of fused-ring (bicyclic) bond motifs is 1. The van der Waals surface area contributed by atoms with Gasteiger partial charge in [-0.1, -0.05) is 12.1 Å². The lowest BCUT2D eigenvalue weighted by molar-refractivity contribution is 0.109. The fourth-order valence-electron chi connectivity index (χ4n) is 3.01. The van der Waals surface area contributed by atoms with Crippen molar-refractivity contribution in [2.24, 2.45) is 7.05 Å². The molecule has 0 aliphatic carbocycles. The third-order valence-corrected chi connectivity index (χ3v) is 4.34. The summed E-state index contributed by atoms with van der Waals surface area (Å²) in [6.07, 6.45) is 0.848. The van der Waals surface area contributed by atoms with Gasteiger partial charge in [0.15, 0.2) is 0 Å². The van der Waals surface area contributed by atoms with Crippen LogP contribution in [0.1, 0.15) is 17.0 Å². The third-order valence-electron chi connectivity index (χ3n) is 4.34. The third kappa shape index (κ3) is 3.10. The van der Waals surface area contributed by atoms with E-state index in [0.29, 0.717) is 30.2 Å². The summed E-state index contributed by atoms with van der Waals surface area (Å²) in [5, 5.41) is 16.1. The standard InChI is InChI=1S/C18H18FN5O/c1-24-17(13-11-25-9-8-16(13)23-24)10-20-18-7-6-15(21-22-18)12-4-2-3-5-14(12)19/h2-7H,8-11H2,1H3,(H,20,22). The molecule has 0 fully saturated rings. The van der Waals surface area contributed by atoms with E-state index in [1.807, 2.05) is 11.7 Å². The SMILES string of the molecule is Cn1nc2c(c1CNc1ccc(-c3ccccc3F)nn1)COCC2. The Morgan fingerprint density at radius 3 is 2.88 bits per heavy atom. The lowest BCUT2D eigenvalue weighted by Gasteiger charge is -2.13. The zero-order chi connectivity index (χ0) is 17.2. The fraction of sp³-hybridized carbons (Fsp3) is 0.278. The van der Waals surface area contributed by atoms with Crippen LogP contribution in [-0.2, 0) is 31.4 Å². The maximum atomic E-state index is 13.8. The Kier molecular flexibility index (Phi) is 4.15. The van der Waals surface area contributed by atoms with Crippen molar-refractivity contribution in [1.82, 2.24) is 20.0 Å². The smallest absolute Gasteiger partial charge is 0.149 e. The molecule has 0 saturated carbocycles. The van der Waals surface area contributed by atoms with E-state index in [0.717, 1.165) is 30.0 Å². The molecule has 0 amide bonds. The number of benzene rings is 1. The second-order valence-corrected chi connectivity index (χ2v) is 5.94. The zero-order valence-electron chi connectivity index (χ0n) is 13.9. The van der Waals surface area contributed by atoms with Crippen LogP contribution in [0.4, 0.5) is 10.2 Å². The van der Waals surface area contributed by atoms with Crippen LogP contribution in [0.5, 0.6) is 0 Å².